The molecule has 2 heterocycles. The molecule has 2 unspecified atom stereocenters. The highest BCUT2D eigenvalue weighted by atomic mass is 19.1. The molecule has 112 valence electrons. The van der Waals surface area contributed by atoms with E-state index in [-0.39, 0.29) is 12.0 Å². The van der Waals surface area contributed by atoms with Gasteiger partial charge in [-0.2, -0.15) is 0 Å². The second-order valence-electron chi connectivity index (χ2n) is 5.36. The first-order valence-corrected chi connectivity index (χ1v) is 6.92. The van der Waals surface area contributed by atoms with Crippen molar-refractivity contribution in [1.82, 2.24) is 4.98 Å². The largest absolute Gasteiger partial charge is 0.495 e. The van der Waals surface area contributed by atoms with Gasteiger partial charge in [0.2, 0.25) is 0 Å². The Labute approximate surface area is 120 Å². The van der Waals surface area contributed by atoms with Gasteiger partial charge in [-0.25, -0.2) is 9.18 Å². The number of aromatic amines is 1. The molecule has 0 spiro atoms. The van der Waals surface area contributed by atoms with Crippen LogP contribution in [-0.4, -0.2) is 17.6 Å². The number of anilines is 1. The Morgan fingerprint density at radius 2 is 2.29 bits per heavy atom. The third kappa shape index (κ3) is 2.79. The van der Waals surface area contributed by atoms with Gasteiger partial charge in [-0.05, 0) is 26.3 Å². The maximum atomic E-state index is 14.0. The lowest BCUT2D eigenvalue weighted by Gasteiger charge is -2.29. The number of hydrogen-bond acceptors (Lipinski definition) is 4. The summed E-state index contributed by atoms with van der Waals surface area (Å²) in [4.78, 5) is 13.5. The molecule has 2 atom stereocenters. The van der Waals surface area contributed by atoms with Gasteiger partial charge in [0.15, 0.2) is 5.58 Å². The Morgan fingerprint density at radius 3 is 3.05 bits per heavy atom. The Bertz CT molecular complexity index is 747. The summed E-state index contributed by atoms with van der Waals surface area (Å²) in [6.45, 7) is 4.53. The number of hydrogen-bond donors (Lipinski definition) is 2. The van der Waals surface area contributed by atoms with Crippen LogP contribution >= 0.6 is 0 Å². The van der Waals surface area contributed by atoms with E-state index in [0.717, 1.165) is 12.2 Å². The molecule has 0 aliphatic carbocycles. The number of nitrogens with one attached hydrogen (secondary N) is 2. The zero-order valence-electron chi connectivity index (χ0n) is 11.9. The van der Waals surface area contributed by atoms with Crippen molar-refractivity contribution in [3.63, 3.8) is 0 Å². The maximum Gasteiger partial charge on any atom is 0.417 e. The van der Waals surface area contributed by atoms with Gasteiger partial charge in [0, 0.05) is 24.6 Å². The summed E-state index contributed by atoms with van der Waals surface area (Å²) in [7, 11) is 0. The fourth-order valence-corrected chi connectivity index (χ4v) is 2.54. The third-order valence-electron chi connectivity index (χ3n) is 3.81. The van der Waals surface area contributed by atoms with Crippen molar-refractivity contribution in [2.75, 3.05) is 11.9 Å². The monoisotopic (exact) mass is 292 g/mol. The van der Waals surface area contributed by atoms with E-state index in [1.54, 1.807) is 0 Å². The maximum absolute atomic E-state index is 14.0. The molecule has 21 heavy (non-hydrogen) atoms. The van der Waals surface area contributed by atoms with Gasteiger partial charge >= 0.3 is 5.76 Å². The van der Waals surface area contributed by atoms with Crippen LogP contribution in [-0.2, 0) is 4.74 Å². The lowest BCUT2D eigenvalue weighted by Crippen LogP contribution is -2.29. The van der Waals surface area contributed by atoms with Crippen LogP contribution in [0.2, 0.25) is 0 Å². The normalized spacial score (nSPS) is 22.0. The Balaban J connectivity index is 1.76. The van der Waals surface area contributed by atoms with E-state index in [9.17, 15) is 9.18 Å². The topological polar surface area (TPSA) is 67.3 Å². The minimum absolute atomic E-state index is 0.0829. The van der Waals surface area contributed by atoms with Crippen molar-refractivity contribution >= 4 is 16.8 Å². The molecular formula is C15H17FN2O3. The Kier molecular flexibility index (Phi) is 3.45. The summed E-state index contributed by atoms with van der Waals surface area (Å²) in [6.07, 6.45) is 3.01. The fraction of sp³-hybridized carbons (Fsp3) is 0.400. The lowest BCUT2D eigenvalue weighted by atomic mass is 9.96. The number of oxazole rings is 1. The molecule has 2 N–H and O–H groups in total. The van der Waals surface area contributed by atoms with E-state index in [4.69, 9.17) is 9.15 Å². The number of ether oxygens (including phenoxy) is 1. The van der Waals surface area contributed by atoms with Crippen LogP contribution in [0.1, 0.15) is 20.3 Å². The number of allylic oxidation sites excluding steroid dienone is 2. The minimum atomic E-state index is -0.587. The standard InChI is InChI=1S/C15H17FN2O3/c1-8-3-4-10(9(2)20-8)7-17-12-6-14-13(5-11(12)16)18-15(19)21-14/h3,5-6,9-10,17H,4,7H2,1-2H3,(H,18,19). The summed E-state index contributed by atoms with van der Waals surface area (Å²) in [6, 6.07) is 2.76. The molecule has 6 heteroatoms. The van der Waals surface area contributed by atoms with Crippen molar-refractivity contribution < 1.29 is 13.5 Å². The molecule has 0 radical (unpaired) electrons. The van der Waals surface area contributed by atoms with Crippen LogP contribution < -0.4 is 11.1 Å². The predicted octanol–water partition coefficient (Wildman–Crippen LogP) is 3.00. The molecule has 2 aromatic rings. The van der Waals surface area contributed by atoms with Crippen molar-refractivity contribution in [3.05, 3.63) is 40.3 Å². The van der Waals surface area contributed by atoms with Crippen LogP contribution in [0.5, 0.6) is 0 Å². The van der Waals surface area contributed by atoms with Gasteiger partial charge in [-0.3, -0.25) is 4.98 Å². The molecule has 0 saturated carbocycles. The first-order valence-electron chi connectivity index (χ1n) is 6.92. The number of rotatable bonds is 3. The summed E-state index contributed by atoms with van der Waals surface area (Å²) >= 11 is 0. The number of fused-ring (bicyclic) bond motifs is 1. The second kappa shape index (κ2) is 5.27. The highest BCUT2D eigenvalue weighted by Gasteiger charge is 2.22. The van der Waals surface area contributed by atoms with Crippen molar-refractivity contribution in [2.45, 2.75) is 26.4 Å². The molecular weight excluding hydrogens is 275 g/mol. The Hall–Kier alpha value is -2.24. The third-order valence-corrected chi connectivity index (χ3v) is 3.81. The zero-order valence-corrected chi connectivity index (χ0v) is 11.9. The first-order chi connectivity index (χ1) is 10.0. The summed E-state index contributed by atoms with van der Waals surface area (Å²) < 4.78 is 24.6. The predicted molar refractivity (Wildman–Crippen MR) is 77.7 cm³/mol. The van der Waals surface area contributed by atoms with Gasteiger partial charge in [0.25, 0.3) is 0 Å². The van der Waals surface area contributed by atoms with Crippen LogP contribution in [0.3, 0.4) is 0 Å². The first kappa shape index (κ1) is 13.7. The van der Waals surface area contributed by atoms with Gasteiger partial charge in [-0.1, -0.05) is 0 Å². The molecule has 1 aliphatic rings. The van der Waals surface area contributed by atoms with Crippen molar-refractivity contribution in [2.24, 2.45) is 5.92 Å². The van der Waals surface area contributed by atoms with Gasteiger partial charge in [0.05, 0.1) is 17.0 Å². The average molecular weight is 292 g/mol. The van der Waals surface area contributed by atoms with Crippen LogP contribution in [0, 0.1) is 11.7 Å². The van der Waals surface area contributed by atoms with Crippen LogP contribution in [0.15, 0.2) is 33.2 Å². The van der Waals surface area contributed by atoms with Crippen molar-refractivity contribution in [3.8, 4) is 0 Å². The summed E-state index contributed by atoms with van der Waals surface area (Å²) in [5, 5.41) is 3.07. The molecule has 1 aromatic carbocycles. The molecule has 0 saturated heterocycles. The summed E-state index contributed by atoms with van der Waals surface area (Å²) in [5.41, 5.74) is 1.02. The van der Waals surface area contributed by atoms with Gasteiger partial charge < -0.3 is 14.5 Å². The van der Waals surface area contributed by atoms with E-state index < -0.39 is 11.6 Å². The SMILES string of the molecule is CC1=CCC(CNc2cc3oc(=O)[nH]c3cc2F)C(C)O1. The molecule has 0 amide bonds. The lowest BCUT2D eigenvalue weighted by molar-refractivity contribution is 0.0694. The van der Waals surface area contributed by atoms with Gasteiger partial charge in [-0.15, -0.1) is 0 Å². The molecule has 1 aliphatic heterocycles. The Morgan fingerprint density at radius 1 is 1.48 bits per heavy atom. The number of halogens is 1. The molecule has 0 fully saturated rings. The number of H-pyrrole nitrogens is 1. The highest BCUT2D eigenvalue weighted by Crippen LogP contribution is 2.25. The highest BCUT2D eigenvalue weighted by molar-refractivity contribution is 5.77. The molecule has 1 aromatic heterocycles. The molecule has 5 nitrogen and oxygen atoms in total. The molecule has 3 rings (SSSR count). The van der Waals surface area contributed by atoms with Crippen LogP contribution in [0.4, 0.5) is 10.1 Å². The van der Waals surface area contributed by atoms with Gasteiger partial charge in [0.1, 0.15) is 11.9 Å². The summed E-state index contributed by atoms with van der Waals surface area (Å²) in [5.74, 6) is 0.189. The quantitative estimate of drug-likeness (QED) is 0.912. The second-order valence-corrected chi connectivity index (χ2v) is 5.36. The van der Waals surface area contributed by atoms with E-state index in [1.807, 2.05) is 19.9 Å². The minimum Gasteiger partial charge on any atom is -0.495 e. The number of aromatic nitrogens is 1. The number of benzene rings is 1. The zero-order chi connectivity index (χ0) is 15.0. The van der Waals surface area contributed by atoms with E-state index in [0.29, 0.717) is 23.3 Å². The van der Waals surface area contributed by atoms with Crippen LogP contribution in [0.25, 0.3) is 11.1 Å². The molecule has 0 bridgehead atoms. The van der Waals surface area contributed by atoms with E-state index in [1.165, 1.54) is 12.1 Å². The van der Waals surface area contributed by atoms with Crippen molar-refractivity contribution in [1.29, 1.82) is 0 Å². The van der Waals surface area contributed by atoms with E-state index >= 15 is 0 Å². The van der Waals surface area contributed by atoms with E-state index in [2.05, 4.69) is 10.3 Å². The average Bonchev–Trinajstić information content (AvgIpc) is 2.76. The fourth-order valence-electron chi connectivity index (χ4n) is 2.54. The smallest absolute Gasteiger partial charge is 0.417 e.